The first-order valence-electron chi connectivity index (χ1n) is 6.69. The zero-order valence-corrected chi connectivity index (χ0v) is 13.1. The van der Waals surface area contributed by atoms with Crippen LogP contribution >= 0.6 is 11.6 Å². The molecule has 1 rings (SSSR count). The van der Waals surface area contributed by atoms with Gasteiger partial charge in [-0.3, -0.25) is 0 Å². The van der Waals surface area contributed by atoms with Crippen LogP contribution in [0.4, 0.5) is 0 Å². The van der Waals surface area contributed by atoms with Crippen LogP contribution in [0.5, 0.6) is 0 Å². The molecule has 6 heteroatoms. The largest absolute Gasteiger partial charge is 0.458 e. The van der Waals surface area contributed by atoms with Crippen molar-refractivity contribution in [3.63, 3.8) is 0 Å². The lowest BCUT2D eigenvalue weighted by atomic mass is 10.2. The van der Waals surface area contributed by atoms with Crippen molar-refractivity contribution in [2.24, 2.45) is 5.92 Å². The topological polar surface area (TPSA) is 61.3 Å². The number of rotatable bonds is 7. The van der Waals surface area contributed by atoms with Gasteiger partial charge in [-0.2, -0.15) is 0 Å². The predicted molar refractivity (Wildman–Crippen MR) is 77.1 cm³/mol. The van der Waals surface area contributed by atoms with Crippen LogP contribution in [0.25, 0.3) is 0 Å². The van der Waals surface area contributed by atoms with E-state index >= 15 is 0 Å². The molecule has 0 radical (unpaired) electrons. The van der Waals surface area contributed by atoms with E-state index < -0.39 is 5.97 Å². The molecule has 0 unspecified atom stereocenters. The first kappa shape index (κ1) is 16.9. The van der Waals surface area contributed by atoms with Crippen molar-refractivity contribution >= 4 is 17.6 Å². The van der Waals surface area contributed by atoms with E-state index in [4.69, 9.17) is 21.1 Å². The van der Waals surface area contributed by atoms with Crippen LogP contribution in [0.1, 0.15) is 49.9 Å². The number of ether oxygens (including phenoxy) is 2. The molecule has 0 spiro atoms. The van der Waals surface area contributed by atoms with Crippen LogP contribution in [0, 0.1) is 5.92 Å². The van der Waals surface area contributed by atoms with Crippen molar-refractivity contribution in [2.45, 2.75) is 33.6 Å². The van der Waals surface area contributed by atoms with Gasteiger partial charge in [0.15, 0.2) is 5.69 Å². The van der Waals surface area contributed by atoms with Crippen molar-refractivity contribution < 1.29 is 14.3 Å². The molecule has 5 nitrogen and oxygen atoms in total. The maximum absolute atomic E-state index is 11.9. The number of hydrogen-bond acceptors (Lipinski definition) is 5. The van der Waals surface area contributed by atoms with Crippen LogP contribution in [0.15, 0.2) is 6.20 Å². The van der Waals surface area contributed by atoms with E-state index in [9.17, 15) is 4.79 Å². The molecule has 1 aromatic rings. The smallest absolute Gasteiger partial charge is 0.358 e. The number of esters is 1. The molecule has 0 atom stereocenters. The van der Waals surface area contributed by atoms with E-state index in [1.807, 2.05) is 13.8 Å². The first-order valence-corrected chi connectivity index (χ1v) is 7.07. The SMILES string of the molecule is CC(C)COCCOC(=O)c1nc(C(C)C)ncc1Cl. The fourth-order valence-electron chi connectivity index (χ4n) is 1.38. The van der Waals surface area contributed by atoms with Gasteiger partial charge in [0, 0.05) is 12.5 Å². The zero-order valence-electron chi connectivity index (χ0n) is 12.4. The Bertz CT molecular complexity index is 450. The van der Waals surface area contributed by atoms with E-state index in [1.165, 1.54) is 6.20 Å². The van der Waals surface area contributed by atoms with Crippen LogP contribution in [0.3, 0.4) is 0 Å². The second-order valence-corrected chi connectivity index (χ2v) is 5.59. The lowest BCUT2D eigenvalue weighted by Gasteiger charge is -2.09. The molecule has 0 aliphatic rings. The van der Waals surface area contributed by atoms with Crippen molar-refractivity contribution in [3.8, 4) is 0 Å². The molecule has 0 aliphatic heterocycles. The third-order valence-corrected chi connectivity index (χ3v) is 2.66. The summed E-state index contributed by atoms with van der Waals surface area (Å²) in [6.07, 6.45) is 1.43. The molecule has 0 amide bonds. The highest BCUT2D eigenvalue weighted by molar-refractivity contribution is 6.33. The molecule has 0 fully saturated rings. The van der Waals surface area contributed by atoms with Crippen molar-refractivity contribution in [3.05, 3.63) is 22.7 Å². The monoisotopic (exact) mass is 300 g/mol. The number of halogens is 1. The fraction of sp³-hybridized carbons (Fsp3) is 0.643. The molecule has 0 saturated heterocycles. The minimum atomic E-state index is -0.549. The summed E-state index contributed by atoms with van der Waals surface area (Å²) in [5, 5.41) is 0.197. The van der Waals surface area contributed by atoms with Crippen LogP contribution in [-0.4, -0.2) is 35.8 Å². The maximum Gasteiger partial charge on any atom is 0.358 e. The highest BCUT2D eigenvalue weighted by atomic mass is 35.5. The van der Waals surface area contributed by atoms with Gasteiger partial charge in [-0.25, -0.2) is 14.8 Å². The third-order valence-electron chi connectivity index (χ3n) is 2.38. The molecular weight excluding hydrogens is 280 g/mol. The van der Waals surface area contributed by atoms with E-state index in [0.717, 1.165) is 0 Å². The molecule has 112 valence electrons. The summed E-state index contributed by atoms with van der Waals surface area (Å²) in [5.41, 5.74) is 0.106. The van der Waals surface area contributed by atoms with E-state index in [-0.39, 0.29) is 23.2 Å². The highest BCUT2D eigenvalue weighted by Crippen LogP contribution is 2.17. The van der Waals surface area contributed by atoms with Crippen LogP contribution in [0.2, 0.25) is 5.02 Å². The summed E-state index contributed by atoms with van der Waals surface area (Å²) in [6, 6.07) is 0. The quantitative estimate of drug-likeness (QED) is 0.572. The standard InChI is InChI=1S/C14H21ClN2O3/c1-9(2)8-19-5-6-20-14(18)12-11(15)7-16-13(17-12)10(3)4/h7,9-10H,5-6,8H2,1-4H3. The Labute approximate surface area is 124 Å². The Morgan fingerprint density at radius 1 is 1.30 bits per heavy atom. The second kappa shape index (κ2) is 8.17. The minimum Gasteiger partial charge on any atom is -0.458 e. The average Bonchev–Trinajstić information content (AvgIpc) is 2.37. The Morgan fingerprint density at radius 3 is 2.60 bits per heavy atom. The lowest BCUT2D eigenvalue weighted by Crippen LogP contribution is -2.15. The average molecular weight is 301 g/mol. The van der Waals surface area contributed by atoms with Crippen molar-refractivity contribution in [1.82, 2.24) is 9.97 Å². The van der Waals surface area contributed by atoms with Gasteiger partial charge in [0.25, 0.3) is 0 Å². The van der Waals surface area contributed by atoms with E-state index in [1.54, 1.807) is 0 Å². The van der Waals surface area contributed by atoms with E-state index in [0.29, 0.717) is 25.0 Å². The third kappa shape index (κ3) is 5.43. The lowest BCUT2D eigenvalue weighted by molar-refractivity contribution is 0.0272. The van der Waals surface area contributed by atoms with Gasteiger partial charge in [0.2, 0.25) is 0 Å². The molecule has 1 heterocycles. The number of aromatic nitrogens is 2. The normalized spacial score (nSPS) is 11.2. The Kier molecular flexibility index (Phi) is 6.88. The summed E-state index contributed by atoms with van der Waals surface area (Å²) in [6.45, 7) is 9.19. The first-order chi connectivity index (χ1) is 9.41. The van der Waals surface area contributed by atoms with Crippen molar-refractivity contribution in [1.29, 1.82) is 0 Å². The van der Waals surface area contributed by atoms with Gasteiger partial charge >= 0.3 is 5.97 Å². The number of carbonyl (C=O) groups is 1. The Hall–Kier alpha value is -1.20. The van der Waals surface area contributed by atoms with Gasteiger partial charge < -0.3 is 9.47 Å². The Morgan fingerprint density at radius 2 is 2.00 bits per heavy atom. The summed E-state index contributed by atoms with van der Waals surface area (Å²) < 4.78 is 10.4. The number of hydrogen-bond donors (Lipinski definition) is 0. The molecule has 20 heavy (non-hydrogen) atoms. The molecule has 1 aromatic heterocycles. The molecule has 0 aromatic carbocycles. The Balaban J connectivity index is 2.52. The minimum absolute atomic E-state index is 0.106. The van der Waals surface area contributed by atoms with Gasteiger partial charge in [0.05, 0.1) is 17.8 Å². The highest BCUT2D eigenvalue weighted by Gasteiger charge is 2.16. The summed E-state index contributed by atoms with van der Waals surface area (Å²) in [5.74, 6) is 0.591. The fourth-order valence-corrected chi connectivity index (χ4v) is 1.55. The van der Waals surface area contributed by atoms with E-state index in [2.05, 4.69) is 23.8 Å². The molecule has 0 saturated carbocycles. The van der Waals surface area contributed by atoms with Gasteiger partial charge in [0.1, 0.15) is 12.4 Å². The summed E-state index contributed by atoms with van der Waals surface area (Å²) in [4.78, 5) is 20.1. The molecule has 0 bridgehead atoms. The van der Waals surface area contributed by atoms with Gasteiger partial charge in [-0.05, 0) is 5.92 Å². The maximum atomic E-state index is 11.9. The van der Waals surface area contributed by atoms with Crippen LogP contribution < -0.4 is 0 Å². The predicted octanol–water partition coefficient (Wildman–Crippen LogP) is 3.08. The number of carbonyl (C=O) groups excluding carboxylic acids is 1. The van der Waals surface area contributed by atoms with Crippen molar-refractivity contribution in [2.75, 3.05) is 19.8 Å². The second-order valence-electron chi connectivity index (χ2n) is 5.18. The van der Waals surface area contributed by atoms with Crippen LogP contribution in [-0.2, 0) is 9.47 Å². The molecular formula is C14H21ClN2O3. The van der Waals surface area contributed by atoms with Gasteiger partial charge in [-0.15, -0.1) is 0 Å². The molecule has 0 N–H and O–H groups in total. The van der Waals surface area contributed by atoms with Gasteiger partial charge in [-0.1, -0.05) is 39.3 Å². The number of nitrogens with zero attached hydrogens (tertiary/aromatic N) is 2. The zero-order chi connectivity index (χ0) is 15.1. The summed E-state index contributed by atoms with van der Waals surface area (Å²) in [7, 11) is 0. The molecule has 0 aliphatic carbocycles. The summed E-state index contributed by atoms with van der Waals surface area (Å²) >= 11 is 5.92.